The predicted molar refractivity (Wildman–Crippen MR) is 114 cm³/mol. The highest BCUT2D eigenvalue weighted by Crippen LogP contribution is 2.26. The smallest absolute Gasteiger partial charge is 0.231 e. The first-order valence-corrected chi connectivity index (χ1v) is 10.1. The monoisotopic (exact) mass is 365 g/mol. The molecule has 2 aromatic carbocycles. The van der Waals surface area contributed by atoms with Crippen molar-refractivity contribution < 1.29 is 4.79 Å². The second kappa shape index (κ2) is 9.05. The second-order valence-electron chi connectivity index (χ2n) is 7.28. The van der Waals surface area contributed by atoms with Crippen molar-refractivity contribution in [3.8, 4) is 0 Å². The zero-order valence-electron chi connectivity index (χ0n) is 16.7. The van der Waals surface area contributed by atoms with Gasteiger partial charge in [0.2, 0.25) is 5.91 Å². The molecule has 0 saturated carbocycles. The fourth-order valence-corrected chi connectivity index (χ4v) is 3.78. The Balaban J connectivity index is 1.68. The maximum absolute atomic E-state index is 12.8. The molecule has 4 nitrogen and oxygen atoms in total. The molecule has 0 bridgehead atoms. The quantitative estimate of drug-likeness (QED) is 0.830. The fourth-order valence-electron chi connectivity index (χ4n) is 3.78. The van der Waals surface area contributed by atoms with Gasteiger partial charge >= 0.3 is 0 Å². The molecular formula is C23H31N3O. The summed E-state index contributed by atoms with van der Waals surface area (Å²) >= 11 is 0. The summed E-state index contributed by atoms with van der Waals surface area (Å²) in [7, 11) is 0. The highest BCUT2D eigenvalue weighted by molar-refractivity contribution is 5.96. The van der Waals surface area contributed by atoms with Crippen LogP contribution >= 0.6 is 0 Å². The van der Waals surface area contributed by atoms with E-state index < -0.39 is 0 Å². The molecule has 0 radical (unpaired) electrons. The van der Waals surface area contributed by atoms with Gasteiger partial charge in [-0.1, -0.05) is 44.2 Å². The molecule has 4 heteroatoms. The normalized spacial score (nSPS) is 16.2. The molecule has 27 heavy (non-hydrogen) atoms. The molecular weight excluding hydrogens is 334 g/mol. The third-order valence-corrected chi connectivity index (χ3v) is 5.58. The molecule has 1 aliphatic heterocycles. The third kappa shape index (κ3) is 4.69. The van der Waals surface area contributed by atoms with Crippen LogP contribution in [-0.4, -0.2) is 43.5 Å². The standard InChI is InChI=1S/C23H31N3O/c1-4-21(19-9-7-6-8-10-19)23(27)24-22-12-11-20(17-18(22)3)26-15-13-25(5-2)14-16-26/h6-12,17,21H,4-5,13-16H2,1-3H3,(H,24,27). The van der Waals surface area contributed by atoms with Crippen LogP contribution in [0.1, 0.15) is 37.3 Å². The number of likely N-dealkylation sites (N-methyl/N-ethyl adjacent to an activating group) is 1. The maximum Gasteiger partial charge on any atom is 0.231 e. The topological polar surface area (TPSA) is 35.6 Å². The van der Waals surface area contributed by atoms with Gasteiger partial charge in [-0.15, -0.1) is 0 Å². The van der Waals surface area contributed by atoms with E-state index in [4.69, 9.17) is 0 Å². The Bertz CT molecular complexity index is 751. The van der Waals surface area contributed by atoms with E-state index in [1.54, 1.807) is 0 Å². The SMILES string of the molecule is CCC(C(=O)Nc1ccc(N2CCN(CC)CC2)cc1C)c1ccccc1. The largest absolute Gasteiger partial charge is 0.369 e. The number of amides is 1. The summed E-state index contributed by atoms with van der Waals surface area (Å²) < 4.78 is 0. The summed E-state index contributed by atoms with van der Waals surface area (Å²) in [5.41, 5.74) is 4.34. The van der Waals surface area contributed by atoms with Gasteiger partial charge in [-0.2, -0.15) is 0 Å². The van der Waals surface area contributed by atoms with Crippen molar-refractivity contribution in [1.82, 2.24) is 4.90 Å². The number of nitrogens with one attached hydrogen (secondary N) is 1. The molecule has 1 atom stereocenters. The van der Waals surface area contributed by atoms with E-state index in [0.29, 0.717) is 0 Å². The van der Waals surface area contributed by atoms with Gasteiger partial charge in [-0.05, 0) is 49.2 Å². The van der Waals surface area contributed by atoms with Crippen molar-refractivity contribution in [3.05, 3.63) is 59.7 Å². The number of benzene rings is 2. The Morgan fingerprint density at radius 2 is 1.74 bits per heavy atom. The van der Waals surface area contributed by atoms with Crippen molar-refractivity contribution in [2.24, 2.45) is 0 Å². The lowest BCUT2D eigenvalue weighted by molar-refractivity contribution is -0.117. The van der Waals surface area contributed by atoms with Crippen molar-refractivity contribution in [3.63, 3.8) is 0 Å². The highest BCUT2D eigenvalue weighted by atomic mass is 16.1. The van der Waals surface area contributed by atoms with Crippen LogP contribution in [0.3, 0.4) is 0 Å². The molecule has 2 aromatic rings. The van der Waals surface area contributed by atoms with Gasteiger partial charge in [0.25, 0.3) is 0 Å². The van der Waals surface area contributed by atoms with Crippen LogP contribution in [0.25, 0.3) is 0 Å². The van der Waals surface area contributed by atoms with Crippen LogP contribution in [0.4, 0.5) is 11.4 Å². The summed E-state index contributed by atoms with van der Waals surface area (Å²) in [6, 6.07) is 16.4. The van der Waals surface area contributed by atoms with Crippen LogP contribution in [-0.2, 0) is 4.79 Å². The summed E-state index contributed by atoms with van der Waals surface area (Å²) in [5.74, 6) is -0.0523. The number of carbonyl (C=O) groups is 1. The van der Waals surface area contributed by atoms with E-state index in [-0.39, 0.29) is 11.8 Å². The van der Waals surface area contributed by atoms with Crippen LogP contribution in [0.2, 0.25) is 0 Å². The second-order valence-corrected chi connectivity index (χ2v) is 7.28. The highest BCUT2D eigenvalue weighted by Gasteiger charge is 2.20. The lowest BCUT2D eigenvalue weighted by atomic mass is 9.95. The minimum atomic E-state index is -0.118. The molecule has 1 saturated heterocycles. The molecule has 1 aliphatic rings. The maximum atomic E-state index is 12.8. The van der Waals surface area contributed by atoms with E-state index in [1.807, 2.05) is 36.4 Å². The number of nitrogens with zero attached hydrogens (tertiary/aromatic N) is 2. The van der Waals surface area contributed by atoms with Gasteiger partial charge in [-0.3, -0.25) is 4.79 Å². The van der Waals surface area contributed by atoms with E-state index in [9.17, 15) is 4.79 Å². The molecule has 0 spiro atoms. The van der Waals surface area contributed by atoms with Crippen molar-refractivity contribution in [2.45, 2.75) is 33.1 Å². The van der Waals surface area contributed by atoms with E-state index >= 15 is 0 Å². The lowest BCUT2D eigenvalue weighted by Crippen LogP contribution is -2.46. The average molecular weight is 366 g/mol. The van der Waals surface area contributed by atoms with Gasteiger partial charge in [0.15, 0.2) is 0 Å². The number of aryl methyl sites for hydroxylation is 1. The zero-order valence-corrected chi connectivity index (χ0v) is 16.7. The first-order chi connectivity index (χ1) is 13.1. The van der Waals surface area contributed by atoms with Gasteiger partial charge in [0, 0.05) is 37.6 Å². The average Bonchev–Trinajstić information content (AvgIpc) is 2.71. The molecule has 1 amide bonds. The van der Waals surface area contributed by atoms with E-state index in [1.165, 1.54) is 5.69 Å². The van der Waals surface area contributed by atoms with Gasteiger partial charge in [0.05, 0.1) is 5.92 Å². The minimum Gasteiger partial charge on any atom is -0.369 e. The Hall–Kier alpha value is -2.33. The van der Waals surface area contributed by atoms with Crippen LogP contribution < -0.4 is 10.2 Å². The Kier molecular flexibility index (Phi) is 6.51. The van der Waals surface area contributed by atoms with Crippen molar-refractivity contribution in [1.29, 1.82) is 0 Å². The number of hydrogen-bond acceptors (Lipinski definition) is 3. The Morgan fingerprint density at radius 1 is 1.04 bits per heavy atom. The van der Waals surface area contributed by atoms with Gasteiger partial charge in [0.1, 0.15) is 0 Å². The molecule has 1 heterocycles. The number of rotatable bonds is 6. The van der Waals surface area contributed by atoms with Crippen LogP contribution in [0, 0.1) is 6.92 Å². The number of carbonyl (C=O) groups excluding carboxylic acids is 1. The number of piperazine rings is 1. The zero-order chi connectivity index (χ0) is 19.2. The molecule has 0 aromatic heterocycles. The summed E-state index contributed by atoms with van der Waals surface area (Å²) in [6.07, 6.45) is 0.786. The minimum absolute atomic E-state index is 0.0658. The summed E-state index contributed by atoms with van der Waals surface area (Å²) in [5, 5.41) is 3.14. The van der Waals surface area contributed by atoms with E-state index in [0.717, 1.165) is 56.0 Å². The van der Waals surface area contributed by atoms with Crippen molar-refractivity contribution >= 4 is 17.3 Å². The molecule has 144 valence electrons. The van der Waals surface area contributed by atoms with Gasteiger partial charge in [-0.25, -0.2) is 0 Å². The fraction of sp³-hybridized carbons (Fsp3) is 0.435. The Morgan fingerprint density at radius 3 is 2.33 bits per heavy atom. The molecule has 1 fully saturated rings. The predicted octanol–water partition coefficient (Wildman–Crippen LogP) is 4.27. The molecule has 1 unspecified atom stereocenters. The molecule has 0 aliphatic carbocycles. The third-order valence-electron chi connectivity index (χ3n) is 5.58. The van der Waals surface area contributed by atoms with Crippen molar-refractivity contribution in [2.75, 3.05) is 42.9 Å². The summed E-state index contributed by atoms with van der Waals surface area (Å²) in [6.45, 7) is 11.8. The lowest BCUT2D eigenvalue weighted by Gasteiger charge is -2.35. The number of hydrogen-bond donors (Lipinski definition) is 1. The first-order valence-electron chi connectivity index (χ1n) is 10.1. The molecule has 1 N–H and O–H groups in total. The summed E-state index contributed by atoms with van der Waals surface area (Å²) in [4.78, 5) is 17.7. The molecule has 3 rings (SSSR count). The van der Waals surface area contributed by atoms with Crippen LogP contribution in [0.5, 0.6) is 0 Å². The van der Waals surface area contributed by atoms with Gasteiger partial charge < -0.3 is 15.1 Å². The number of anilines is 2. The van der Waals surface area contributed by atoms with Crippen LogP contribution in [0.15, 0.2) is 48.5 Å². The Labute approximate surface area is 163 Å². The first kappa shape index (κ1) is 19.4. The van der Waals surface area contributed by atoms with E-state index in [2.05, 4.69) is 48.0 Å².